The molecule has 16 heavy (non-hydrogen) atoms. The van der Waals surface area contributed by atoms with Gasteiger partial charge in [-0.2, -0.15) is 0 Å². The zero-order chi connectivity index (χ0) is 11.2. The van der Waals surface area contributed by atoms with Crippen molar-refractivity contribution in [1.82, 2.24) is 0 Å². The molecule has 0 aromatic carbocycles. The van der Waals surface area contributed by atoms with Crippen LogP contribution < -0.4 is 0 Å². The maximum atomic E-state index is 10.0. The minimum Gasteiger partial charge on any atom is -0.393 e. The Kier molecular flexibility index (Phi) is 3.03. The minimum atomic E-state index is -0.339. The van der Waals surface area contributed by atoms with Crippen LogP contribution in [0.1, 0.15) is 25.7 Å². The van der Waals surface area contributed by atoms with Gasteiger partial charge in [0.05, 0.1) is 19.3 Å². The van der Waals surface area contributed by atoms with Crippen LogP contribution in [0, 0.1) is 17.8 Å². The third kappa shape index (κ3) is 1.43. The zero-order valence-corrected chi connectivity index (χ0v) is 11.0. The average Bonchev–Trinajstić information content (AvgIpc) is 2.67. The molecule has 1 aliphatic heterocycles. The van der Waals surface area contributed by atoms with E-state index in [0.717, 1.165) is 44.2 Å². The second-order valence-electron chi connectivity index (χ2n) is 5.18. The number of hydrogen-bond acceptors (Lipinski definition) is 3. The summed E-state index contributed by atoms with van der Waals surface area (Å²) in [6.45, 7) is 1.64. The molecular weight excluding hydrogens is 272 g/mol. The van der Waals surface area contributed by atoms with Crippen molar-refractivity contribution in [3.63, 3.8) is 0 Å². The van der Waals surface area contributed by atoms with Crippen LogP contribution in [-0.2, 0) is 9.47 Å². The van der Waals surface area contributed by atoms with Gasteiger partial charge in [0.1, 0.15) is 0 Å². The third-order valence-corrected chi connectivity index (χ3v) is 5.00. The third-order valence-electron chi connectivity index (χ3n) is 4.54. The highest BCUT2D eigenvalue weighted by Gasteiger charge is 2.68. The Morgan fingerprint density at radius 1 is 1.25 bits per heavy atom. The smallest absolute Gasteiger partial charge is 0.174 e. The summed E-state index contributed by atoms with van der Waals surface area (Å²) in [7, 11) is 0. The number of alkyl halides is 1. The molecule has 3 fully saturated rings. The first-order valence-corrected chi connectivity index (χ1v) is 7.43. The number of hydrogen-bond donors (Lipinski definition) is 1. The lowest BCUT2D eigenvalue weighted by Crippen LogP contribution is -2.67. The fourth-order valence-corrected chi connectivity index (χ4v) is 4.44. The molecule has 0 radical (unpaired) electrons. The summed E-state index contributed by atoms with van der Waals surface area (Å²) in [6, 6.07) is 0. The summed E-state index contributed by atoms with van der Waals surface area (Å²) < 4.78 is 11.9. The summed E-state index contributed by atoms with van der Waals surface area (Å²) in [4.78, 5) is 0. The van der Waals surface area contributed by atoms with Gasteiger partial charge in [0.25, 0.3) is 0 Å². The van der Waals surface area contributed by atoms with Crippen LogP contribution in [0.5, 0.6) is 0 Å². The van der Waals surface area contributed by atoms with E-state index in [1.165, 1.54) is 0 Å². The fraction of sp³-hybridized carbons (Fsp3) is 1.00. The summed E-state index contributed by atoms with van der Waals surface area (Å²) >= 11 is 3.50. The molecule has 3 rings (SSSR count). The minimum absolute atomic E-state index is 0.131. The van der Waals surface area contributed by atoms with Gasteiger partial charge in [-0.25, -0.2) is 0 Å². The van der Waals surface area contributed by atoms with E-state index in [9.17, 15) is 5.11 Å². The topological polar surface area (TPSA) is 38.7 Å². The zero-order valence-electron chi connectivity index (χ0n) is 9.40. The highest BCUT2D eigenvalue weighted by atomic mass is 79.9. The van der Waals surface area contributed by atoms with Crippen molar-refractivity contribution < 1.29 is 14.6 Å². The lowest BCUT2D eigenvalue weighted by molar-refractivity contribution is -0.386. The second kappa shape index (κ2) is 4.23. The molecule has 0 aromatic heterocycles. The van der Waals surface area contributed by atoms with Crippen molar-refractivity contribution in [3.8, 4) is 0 Å². The van der Waals surface area contributed by atoms with Gasteiger partial charge in [0.2, 0.25) is 0 Å². The number of aliphatic hydroxyl groups excluding tert-OH is 1. The molecule has 2 saturated carbocycles. The Morgan fingerprint density at radius 3 is 2.69 bits per heavy atom. The van der Waals surface area contributed by atoms with Gasteiger partial charge in [-0.15, -0.1) is 0 Å². The van der Waals surface area contributed by atoms with Crippen molar-refractivity contribution in [1.29, 1.82) is 0 Å². The van der Waals surface area contributed by atoms with Gasteiger partial charge in [-0.1, -0.05) is 15.9 Å². The van der Waals surface area contributed by atoms with Crippen LogP contribution >= 0.6 is 15.9 Å². The first kappa shape index (κ1) is 11.5. The van der Waals surface area contributed by atoms with Gasteiger partial charge in [0.15, 0.2) is 5.79 Å². The number of halogens is 1. The first-order valence-electron chi connectivity index (χ1n) is 6.31. The summed E-state index contributed by atoms with van der Waals surface area (Å²) in [5.41, 5.74) is 0. The first-order chi connectivity index (χ1) is 7.79. The maximum Gasteiger partial charge on any atom is 0.174 e. The highest BCUT2D eigenvalue weighted by Crippen LogP contribution is 2.62. The van der Waals surface area contributed by atoms with Gasteiger partial charge in [-0.3, -0.25) is 0 Å². The quantitative estimate of drug-likeness (QED) is 0.790. The van der Waals surface area contributed by atoms with E-state index in [-0.39, 0.29) is 11.9 Å². The molecule has 0 amide bonds. The van der Waals surface area contributed by atoms with Crippen molar-refractivity contribution in [3.05, 3.63) is 0 Å². The van der Waals surface area contributed by atoms with E-state index >= 15 is 0 Å². The number of ether oxygens (including phenoxy) is 2. The molecule has 1 spiro atoms. The number of fused-ring (bicyclic) bond motifs is 2. The molecule has 3 aliphatic rings. The van der Waals surface area contributed by atoms with Crippen LogP contribution in [0.3, 0.4) is 0 Å². The molecule has 2 aliphatic carbocycles. The molecule has 3 nitrogen and oxygen atoms in total. The lowest BCUT2D eigenvalue weighted by atomic mass is 9.59. The molecule has 4 heteroatoms. The summed E-state index contributed by atoms with van der Waals surface area (Å²) in [5, 5.41) is 11.0. The van der Waals surface area contributed by atoms with Gasteiger partial charge >= 0.3 is 0 Å². The van der Waals surface area contributed by atoms with Crippen LogP contribution in [0.15, 0.2) is 0 Å². The lowest BCUT2D eigenvalue weighted by Gasteiger charge is -2.59. The largest absolute Gasteiger partial charge is 0.393 e. The van der Waals surface area contributed by atoms with Crippen molar-refractivity contribution in [2.75, 3.05) is 18.5 Å². The van der Waals surface area contributed by atoms with E-state index in [2.05, 4.69) is 15.9 Å². The molecular formula is C12H19BrO3. The Hall–Kier alpha value is 0.360. The van der Waals surface area contributed by atoms with E-state index in [1.54, 1.807) is 0 Å². The van der Waals surface area contributed by atoms with Crippen LogP contribution in [0.2, 0.25) is 0 Å². The predicted molar refractivity (Wildman–Crippen MR) is 63.4 cm³/mol. The number of aliphatic hydroxyl groups is 1. The Morgan fingerprint density at radius 2 is 2.00 bits per heavy atom. The molecule has 1 heterocycles. The number of rotatable bonds is 2. The van der Waals surface area contributed by atoms with Crippen LogP contribution in [0.4, 0.5) is 0 Å². The van der Waals surface area contributed by atoms with E-state index in [1.807, 2.05) is 0 Å². The molecule has 1 saturated heterocycles. The van der Waals surface area contributed by atoms with Gasteiger partial charge in [0, 0.05) is 23.1 Å². The van der Waals surface area contributed by atoms with Crippen molar-refractivity contribution in [2.24, 2.45) is 17.8 Å². The van der Waals surface area contributed by atoms with E-state index in [0.29, 0.717) is 17.8 Å². The Labute approximate surface area is 105 Å². The van der Waals surface area contributed by atoms with Crippen molar-refractivity contribution in [2.45, 2.75) is 37.6 Å². The van der Waals surface area contributed by atoms with Crippen LogP contribution in [0.25, 0.3) is 0 Å². The summed E-state index contributed by atoms with van der Waals surface area (Å²) in [5.74, 6) is 0.894. The average molecular weight is 291 g/mol. The Balaban J connectivity index is 1.81. The molecule has 1 unspecified atom stereocenters. The maximum absolute atomic E-state index is 10.0. The SMILES string of the molecule is OC1CC[C@H]2[C@@H]1[C@@H](CCBr)C21OCCCO1. The Bertz CT molecular complexity index is 265. The van der Waals surface area contributed by atoms with Crippen molar-refractivity contribution >= 4 is 15.9 Å². The van der Waals surface area contributed by atoms with E-state index < -0.39 is 0 Å². The van der Waals surface area contributed by atoms with E-state index in [4.69, 9.17) is 9.47 Å². The summed E-state index contributed by atoms with van der Waals surface area (Å²) in [6.07, 6.45) is 3.89. The predicted octanol–water partition coefficient (Wildman–Crippen LogP) is 1.92. The van der Waals surface area contributed by atoms with Gasteiger partial charge < -0.3 is 14.6 Å². The van der Waals surface area contributed by atoms with Crippen LogP contribution in [-0.4, -0.2) is 35.5 Å². The fourth-order valence-electron chi connectivity index (χ4n) is 3.95. The monoisotopic (exact) mass is 290 g/mol. The standard InChI is InChI=1S/C12H19BrO3/c13-5-4-9-11-8(2-3-10(11)14)12(9)15-6-1-7-16-12/h8-11,14H,1-7H2/t8-,9+,10?,11+/m0/s1. The van der Waals surface area contributed by atoms with Gasteiger partial charge in [-0.05, 0) is 25.7 Å². The molecule has 92 valence electrons. The normalized spacial score (nSPS) is 45.4. The molecule has 1 N–H and O–H groups in total. The second-order valence-corrected chi connectivity index (χ2v) is 5.98. The molecule has 0 bridgehead atoms. The molecule has 0 aromatic rings. The highest BCUT2D eigenvalue weighted by molar-refractivity contribution is 9.09. The molecule has 4 atom stereocenters.